The molecule has 2 amide bonds. The first-order valence-electron chi connectivity index (χ1n) is 11.9. The van der Waals surface area contributed by atoms with E-state index in [0.29, 0.717) is 47.2 Å². The molecule has 1 aliphatic heterocycles. The lowest BCUT2D eigenvalue weighted by atomic mass is 9.90. The molecule has 7 nitrogen and oxygen atoms in total. The maximum atomic E-state index is 13.4. The van der Waals surface area contributed by atoms with E-state index in [0.717, 1.165) is 16.9 Å². The molecule has 1 saturated heterocycles. The van der Waals surface area contributed by atoms with Crippen molar-refractivity contribution in [2.75, 3.05) is 18.4 Å². The molecule has 0 saturated carbocycles. The Kier molecular flexibility index (Phi) is 7.62. The summed E-state index contributed by atoms with van der Waals surface area (Å²) < 4.78 is 7.32. The van der Waals surface area contributed by atoms with Gasteiger partial charge in [-0.05, 0) is 76.4 Å². The molecule has 4 rings (SSSR count). The molecule has 2 heterocycles. The van der Waals surface area contributed by atoms with Crippen LogP contribution in [-0.4, -0.2) is 45.4 Å². The van der Waals surface area contributed by atoms with Crippen molar-refractivity contribution in [1.29, 1.82) is 0 Å². The monoisotopic (exact) mass is 528 g/mol. The number of aromatic nitrogens is 2. The zero-order chi connectivity index (χ0) is 26.0. The molecule has 1 fully saturated rings. The van der Waals surface area contributed by atoms with E-state index in [1.807, 2.05) is 45.9 Å². The van der Waals surface area contributed by atoms with E-state index in [2.05, 4.69) is 10.4 Å². The van der Waals surface area contributed by atoms with Crippen molar-refractivity contribution in [3.8, 4) is 5.69 Å². The van der Waals surface area contributed by atoms with Crippen LogP contribution in [0.3, 0.4) is 0 Å². The third-order valence-electron chi connectivity index (χ3n) is 6.07. The van der Waals surface area contributed by atoms with Gasteiger partial charge in [0.1, 0.15) is 5.60 Å². The number of benzene rings is 2. The second-order valence-electron chi connectivity index (χ2n) is 9.99. The molecule has 0 radical (unpaired) electrons. The number of likely N-dealkylation sites (tertiary alicyclic amines) is 1. The van der Waals surface area contributed by atoms with E-state index in [1.54, 1.807) is 40.0 Å². The number of nitrogens with one attached hydrogen (secondary N) is 1. The molecule has 9 heteroatoms. The quantitative estimate of drug-likeness (QED) is 0.401. The first kappa shape index (κ1) is 26.0. The molecule has 1 N–H and O–H groups in total. The van der Waals surface area contributed by atoms with E-state index in [-0.39, 0.29) is 17.9 Å². The van der Waals surface area contributed by atoms with Crippen LogP contribution in [0.25, 0.3) is 5.69 Å². The van der Waals surface area contributed by atoms with Crippen LogP contribution in [-0.2, 0) is 4.74 Å². The van der Waals surface area contributed by atoms with Crippen LogP contribution in [0.1, 0.15) is 61.1 Å². The topological polar surface area (TPSA) is 76.5 Å². The second kappa shape index (κ2) is 10.5. The van der Waals surface area contributed by atoms with Gasteiger partial charge in [-0.1, -0.05) is 35.3 Å². The van der Waals surface area contributed by atoms with Crippen molar-refractivity contribution >= 4 is 40.9 Å². The number of rotatable bonds is 4. The molecule has 36 heavy (non-hydrogen) atoms. The van der Waals surface area contributed by atoms with Crippen LogP contribution in [0.4, 0.5) is 10.5 Å². The number of halogens is 2. The fourth-order valence-electron chi connectivity index (χ4n) is 4.27. The summed E-state index contributed by atoms with van der Waals surface area (Å²) in [6, 6.07) is 12.7. The standard InChI is InChI=1S/C27H30Cl2N4O3/c1-17-8-9-21(15-23(17)29)33-24(18-10-12-32(13-11-18)26(35)36-27(2,3)4)22(16-30-33)25(34)31-20-7-5-6-19(28)14-20/h5-9,14-16,18H,10-13H2,1-4H3,(H,31,34). The summed E-state index contributed by atoms with van der Waals surface area (Å²) >= 11 is 12.5. The number of piperidine rings is 1. The molecule has 0 unspecified atom stereocenters. The van der Waals surface area contributed by atoms with E-state index in [1.165, 1.54) is 0 Å². The zero-order valence-electron chi connectivity index (χ0n) is 20.8. The highest BCUT2D eigenvalue weighted by molar-refractivity contribution is 6.31. The number of amides is 2. The highest BCUT2D eigenvalue weighted by atomic mass is 35.5. The predicted octanol–water partition coefficient (Wildman–Crippen LogP) is 6.85. The number of anilines is 1. The minimum atomic E-state index is -0.553. The first-order valence-corrected chi connectivity index (χ1v) is 12.7. The summed E-state index contributed by atoms with van der Waals surface area (Å²) in [4.78, 5) is 27.7. The fourth-order valence-corrected chi connectivity index (χ4v) is 4.64. The lowest BCUT2D eigenvalue weighted by Crippen LogP contribution is -2.41. The predicted molar refractivity (Wildman–Crippen MR) is 142 cm³/mol. The lowest BCUT2D eigenvalue weighted by molar-refractivity contribution is 0.0203. The minimum Gasteiger partial charge on any atom is -0.444 e. The molecule has 190 valence electrons. The third kappa shape index (κ3) is 6.02. The van der Waals surface area contributed by atoms with Crippen LogP contribution in [0.5, 0.6) is 0 Å². The van der Waals surface area contributed by atoms with Gasteiger partial charge >= 0.3 is 6.09 Å². The smallest absolute Gasteiger partial charge is 0.410 e. The van der Waals surface area contributed by atoms with Gasteiger partial charge in [0.25, 0.3) is 5.91 Å². The van der Waals surface area contributed by atoms with Gasteiger partial charge in [-0.2, -0.15) is 5.10 Å². The van der Waals surface area contributed by atoms with E-state index in [4.69, 9.17) is 27.9 Å². The van der Waals surface area contributed by atoms with Gasteiger partial charge in [-0.3, -0.25) is 4.79 Å². The van der Waals surface area contributed by atoms with Crippen molar-refractivity contribution in [1.82, 2.24) is 14.7 Å². The maximum Gasteiger partial charge on any atom is 0.410 e. The van der Waals surface area contributed by atoms with Crippen LogP contribution in [0.2, 0.25) is 10.0 Å². The van der Waals surface area contributed by atoms with Crippen molar-refractivity contribution in [2.45, 2.75) is 52.1 Å². The Balaban J connectivity index is 1.64. The average Bonchev–Trinajstić information content (AvgIpc) is 3.25. The Labute approximate surface area is 221 Å². The van der Waals surface area contributed by atoms with Crippen LogP contribution >= 0.6 is 23.2 Å². The van der Waals surface area contributed by atoms with E-state index >= 15 is 0 Å². The fraction of sp³-hybridized carbons (Fsp3) is 0.370. The summed E-state index contributed by atoms with van der Waals surface area (Å²) in [5.41, 5.74) is 3.05. The maximum absolute atomic E-state index is 13.4. The van der Waals surface area contributed by atoms with Gasteiger partial charge in [0.15, 0.2) is 0 Å². The third-order valence-corrected chi connectivity index (χ3v) is 6.71. The molecule has 0 spiro atoms. The Hall–Kier alpha value is -3.03. The van der Waals surface area contributed by atoms with Crippen LogP contribution in [0.15, 0.2) is 48.7 Å². The SMILES string of the molecule is Cc1ccc(-n2ncc(C(=O)Nc3cccc(Cl)c3)c2C2CCN(C(=O)OC(C)(C)C)CC2)cc1Cl. The molecule has 0 aliphatic carbocycles. The first-order chi connectivity index (χ1) is 17.0. The number of ether oxygens (including phenoxy) is 1. The number of carbonyl (C=O) groups excluding carboxylic acids is 2. The summed E-state index contributed by atoms with van der Waals surface area (Å²) in [5.74, 6) is -0.266. The number of nitrogens with zero attached hydrogens (tertiary/aromatic N) is 3. The largest absolute Gasteiger partial charge is 0.444 e. The lowest BCUT2D eigenvalue weighted by Gasteiger charge is -2.34. The van der Waals surface area contributed by atoms with Crippen molar-refractivity contribution < 1.29 is 14.3 Å². The highest BCUT2D eigenvalue weighted by Crippen LogP contribution is 2.34. The van der Waals surface area contributed by atoms with Crippen molar-refractivity contribution in [3.63, 3.8) is 0 Å². The minimum absolute atomic E-state index is 0.00590. The normalized spacial score (nSPS) is 14.6. The molecule has 2 aromatic carbocycles. The number of aryl methyl sites for hydroxylation is 1. The molecule has 3 aromatic rings. The van der Waals surface area contributed by atoms with Crippen LogP contribution < -0.4 is 5.32 Å². The Morgan fingerprint density at radius 3 is 2.44 bits per heavy atom. The number of carbonyl (C=O) groups is 2. The Bertz CT molecular complexity index is 1270. The van der Waals surface area contributed by atoms with E-state index < -0.39 is 5.60 Å². The van der Waals surface area contributed by atoms with Crippen molar-refractivity contribution in [3.05, 3.63) is 75.5 Å². The second-order valence-corrected chi connectivity index (χ2v) is 10.8. The van der Waals surface area contributed by atoms with E-state index in [9.17, 15) is 9.59 Å². The van der Waals surface area contributed by atoms with Gasteiger partial charge in [0.05, 0.1) is 23.1 Å². The summed E-state index contributed by atoms with van der Waals surface area (Å²) in [7, 11) is 0. The molecule has 1 aromatic heterocycles. The van der Waals surface area contributed by atoms with Gasteiger partial charge in [0, 0.05) is 34.7 Å². The number of hydrogen-bond acceptors (Lipinski definition) is 4. The van der Waals surface area contributed by atoms with Gasteiger partial charge < -0.3 is 15.0 Å². The Morgan fingerprint density at radius 1 is 1.08 bits per heavy atom. The Morgan fingerprint density at radius 2 is 1.81 bits per heavy atom. The highest BCUT2D eigenvalue weighted by Gasteiger charge is 2.32. The van der Waals surface area contributed by atoms with Gasteiger partial charge in [0.2, 0.25) is 0 Å². The van der Waals surface area contributed by atoms with Crippen molar-refractivity contribution in [2.24, 2.45) is 0 Å². The molecular weight excluding hydrogens is 499 g/mol. The summed E-state index contributed by atoms with van der Waals surface area (Å²) in [6.45, 7) is 8.55. The molecule has 1 aliphatic rings. The van der Waals surface area contributed by atoms with Gasteiger partial charge in [-0.15, -0.1) is 0 Å². The zero-order valence-corrected chi connectivity index (χ0v) is 22.4. The number of hydrogen-bond donors (Lipinski definition) is 1. The van der Waals surface area contributed by atoms with Crippen LogP contribution in [0, 0.1) is 6.92 Å². The van der Waals surface area contributed by atoms with Gasteiger partial charge in [-0.25, -0.2) is 9.48 Å². The molecule has 0 bridgehead atoms. The summed E-state index contributed by atoms with van der Waals surface area (Å²) in [5, 5.41) is 8.67. The molecular formula is C27H30Cl2N4O3. The molecule has 0 atom stereocenters. The average molecular weight is 529 g/mol. The summed E-state index contributed by atoms with van der Waals surface area (Å²) in [6.07, 6.45) is 2.60.